The van der Waals surface area contributed by atoms with Gasteiger partial charge in [-0.3, -0.25) is 9.59 Å². The Hall–Kier alpha value is -2.62. The predicted octanol–water partition coefficient (Wildman–Crippen LogP) is 2.98. The van der Waals surface area contributed by atoms with Crippen molar-refractivity contribution in [1.82, 2.24) is 9.71 Å². The number of sulfonamides is 1. The molecule has 0 fully saturated rings. The number of ketones is 1. The fourth-order valence-corrected chi connectivity index (χ4v) is 4.45. The summed E-state index contributed by atoms with van der Waals surface area (Å²) in [6, 6.07) is 11.4. The minimum atomic E-state index is -3.86. The van der Waals surface area contributed by atoms with Crippen molar-refractivity contribution in [2.24, 2.45) is 0 Å². The van der Waals surface area contributed by atoms with E-state index in [9.17, 15) is 18.0 Å². The average Bonchev–Trinajstić information content (AvgIpc) is 3.07. The third kappa shape index (κ3) is 4.61. The van der Waals surface area contributed by atoms with Crippen molar-refractivity contribution in [3.05, 3.63) is 53.6 Å². The second-order valence-electron chi connectivity index (χ2n) is 6.13. The molecule has 1 heterocycles. The summed E-state index contributed by atoms with van der Waals surface area (Å²) >= 11 is 1.34. The van der Waals surface area contributed by atoms with Crippen LogP contribution in [0.15, 0.2) is 47.4 Å². The standard InChI is InChI=1S/C19H19N3O4S2/c1-3-13-4-9-16-17(10-13)27-19(21-16)22-18(24)11-20-28(25,26)15-7-5-14(6-8-15)12(2)23/h4-10,20H,3,11H2,1-2H3,(H,21,22,24). The highest BCUT2D eigenvalue weighted by atomic mass is 32.2. The van der Waals surface area contributed by atoms with Crippen LogP contribution in [0.25, 0.3) is 10.2 Å². The van der Waals surface area contributed by atoms with E-state index in [2.05, 4.69) is 21.9 Å². The number of carbonyl (C=O) groups excluding carboxylic acids is 2. The van der Waals surface area contributed by atoms with Crippen LogP contribution < -0.4 is 10.0 Å². The van der Waals surface area contributed by atoms with E-state index in [0.29, 0.717) is 10.7 Å². The van der Waals surface area contributed by atoms with Crippen LogP contribution in [-0.4, -0.2) is 31.6 Å². The number of hydrogen-bond acceptors (Lipinski definition) is 6. The Morgan fingerprint density at radius 1 is 1.11 bits per heavy atom. The quantitative estimate of drug-likeness (QED) is 0.575. The number of nitrogens with one attached hydrogen (secondary N) is 2. The van der Waals surface area contributed by atoms with Crippen molar-refractivity contribution in [3.8, 4) is 0 Å². The summed E-state index contributed by atoms with van der Waals surface area (Å²) in [6.45, 7) is 3.04. The van der Waals surface area contributed by atoms with Crippen LogP contribution in [-0.2, 0) is 21.2 Å². The number of amides is 1. The van der Waals surface area contributed by atoms with Crippen LogP contribution in [0.5, 0.6) is 0 Å². The average molecular weight is 418 g/mol. The van der Waals surface area contributed by atoms with Crippen molar-refractivity contribution in [3.63, 3.8) is 0 Å². The number of fused-ring (bicyclic) bond motifs is 1. The van der Waals surface area contributed by atoms with Crippen LogP contribution in [0.2, 0.25) is 0 Å². The molecule has 0 spiro atoms. The largest absolute Gasteiger partial charge is 0.301 e. The van der Waals surface area contributed by atoms with Gasteiger partial charge in [-0.1, -0.05) is 36.5 Å². The van der Waals surface area contributed by atoms with Crippen molar-refractivity contribution in [1.29, 1.82) is 0 Å². The van der Waals surface area contributed by atoms with Gasteiger partial charge in [-0.05, 0) is 43.2 Å². The Labute approximate surface area is 166 Å². The molecule has 2 N–H and O–H groups in total. The molecule has 28 heavy (non-hydrogen) atoms. The van der Waals surface area contributed by atoms with Crippen molar-refractivity contribution >= 4 is 48.4 Å². The number of rotatable bonds is 7. The van der Waals surface area contributed by atoms with Gasteiger partial charge in [-0.15, -0.1) is 0 Å². The van der Waals surface area contributed by atoms with Gasteiger partial charge in [0.15, 0.2) is 10.9 Å². The first-order chi connectivity index (χ1) is 13.3. The minimum absolute atomic E-state index is 0.0163. The monoisotopic (exact) mass is 417 g/mol. The zero-order valence-corrected chi connectivity index (χ0v) is 17.0. The number of aryl methyl sites for hydroxylation is 1. The van der Waals surface area contributed by atoms with E-state index in [4.69, 9.17) is 0 Å². The van der Waals surface area contributed by atoms with E-state index >= 15 is 0 Å². The second kappa shape index (κ2) is 8.17. The fraction of sp³-hybridized carbons (Fsp3) is 0.211. The SMILES string of the molecule is CCc1ccc2nc(NC(=O)CNS(=O)(=O)c3ccc(C(C)=O)cc3)sc2c1. The first-order valence-corrected chi connectivity index (χ1v) is 10.9. The fourth-order valence-electron chi connectivity index (χ4n) is 2.52. The highest BCUT2D eigenvalue weighted by Gasteiger charge is 2.16. The summed E-state index contributed by atoms with van der Waals surface area (Å²) in [5, 5.41) is 3.03. The van der Waals surface area contributed by atoms with Gasteiger partial charge >= 0.3 is 0 Å². The molecule has 3 rings (SSSR count). The summed E-state index contributed by atoms with van der Waals surface area (Å²) in [6.07, 6.45) is 0.907. The van der Waals surface area contributed by atoms with E-state index in [-0.39, 0.29) is 10.7 Å². The molecule has 2 aromatic carbocycles. The number of hydrogen-bond donors (Lipinski definition) is 2. The maximum atomic E-state index is 12.3. The first-order valence-electron chi connectivity index (χ1n) is 8.58. The van der Waals surface area contributed by atoms with E-state index in [1.807, 2.05) is 18.2 Å². The number of Topliss-reactive ketones (excluding diaryl/α,β-unsaturated/α-hetero) is 1. The van der Waals surface area contributed by atoms with Gasteiger partial charge in [0.1, 0.15) is 0 Å². The van der Waals surface area contributed by atoms with Gasteiger partial charge in [0.05, 0.1) is 21.7 Å². The molecule has 0 unspecified atom stereocenters. The molecule has 9 heteroatoms. The molecule has 0 aliphatic rings. The van der Waals surface area contributed by atoms with Crippen molar-refractivity contribution in [2.75, 3.05) is 11.9 Å². The van der Waals surface area contributed by atoms with E-state index < -0.39 is 22.5 Å². The summed E-state index contributed by atoms with van der Waals surface area (Å²) in [7, 11) is -3.86. The third-order valence-corrected chi connectivity index (χ3v) is 6.45. The van der Waals surface area contributed by atoms with Gasteiger partial charge in [-0.25, -0.2) is 18.1 Å². The van der Waals surface area contributed by atoms with E-state index in [1.165, 1.54) is 48.1 Å². The number of carbonyl (C=O) groups is 2. The van der Waals surface area contributed by atoms with Crippen LogP contribution in [0.3, 0.4) is 0 Å². The smallest absolute Gasteiger partial charge is 0.241 e. The lowest BCUT2D eigenvalue weighted by Crippen LogP contribution is -2.32. The van der Waals surface area contributed by atoms with Crippen LogP contribution in [0.4, 0.5) is 5.13 Å². The second-order valence-corrected chi connectivity index (χ2v) is 8.93. The minimum Gasteiger partial charge on any atom is -0.301 e. The number of nitrogens with zero attached hydrogens (tertiary/aromatic N) is 1. The topological polar surface area (TPSA) is 105 Å². The maximum absolute atomic E-state index is 12.3. The molecular formula is C19H19N3O4S2. The molecule has 146 valence electrons. The molecule has 1 aromatic heterocycles. The summed E-state index contributed by atoms with van der Waals surface area (Å²) in [4.78, 5) is 27.7. The zero-order chi connectivity index (χ0) is 20.3. The molecule has 0 bridgehead atoms. The Morgan fingerprint density at radius 2 is 1.82 bits per heavy atom. The highest BCUT2D eigenvalue weighted by Crippen LogP contribution is 2.26. The Balaban J connectivity index is 1.63. The molecule has 0 saturated heterocycles. The molecule has 0 aliphatic carbocycles. The number of anilines is 1. The third-order valence-electron chi connectivity index (χ3n) is 4.10. The molecule has 0 aliphatic heterocycles. The molecule has 7 nitrogen and oxygen atoms in total. The van der Waals surface area contributed by atoms with E-state index in [0.717, 1.165) is 16.6 Å². The summed E-state index contributed by atoms with van der Waals surface area (Å²) < 4.78 is 27.8. The summed E-state index contributed by atoms with van der Waals surface area (Å²) in [5.41, 5.74) is 2.37. The van der Waals surface area contributed by atoms with Gasteiger partial charge in [0.25, 0.3) is 0 Å². The molecule has 0 saturated carbocycles. The Kier molecular flexibility index (Phi) is 5.87. The van der Waals surface area contributed by atoms with Gasteiger partial charge < -0.3 is 5.32 Å². The first kappa shape index (κ1) is 20.1. The van der Waals surface area contributed by atoms with Crippen molar-refractivity contribution < 1.29 is 18.0 Å². The number of aromatic nitrogens is 1. The zero-order valence-electron chi connectivity index (χ0n) is 15.4. The van der Waals surface area contributed by atoms with Crippen LogP contribution >= 0.6 is 11.3 Å². The number of benzene rings is 2. The molecule has 0 atom stereocenters. The molecule has 3 aromatic rings. The Bertz CT molecular complexity index is 1140. The normalized spacial score (nSPS) is 11.5. The highest BCUT2D eigenvalue weighted by molar-refractivity contribution is 7.89. The molecular weight excluding hydrogens is 398 g/mol. The Morgan fingerprint density at radius 3 is 2.46 bits per heavy atom. The maximum Gasteiger partial charge on any atom is 0.241 e. The lowest BCUT2D eigenvalue weighted by molar-refractivity contribution is -0.115. The lowest BCUT2D eigenvalue weighted by atomic mass is 10.2. The molecule has 1 amide bonds. The van der Waals surface area contributed by atoms with E-state index in [1.54, 1.807) is 0 Å². The van der Waals surface area contributed by atoms with Crippen molar-refractivity contribution in [2.45, 2.75) is 25.2 Å². The van der Waals surface area contributed by atoms with Crippen LogP contribution in [0.1, 0.15) is 29.8 Å². The van der Waals surface area contributed by atoms with Gasteiger partial charge in [-0.2, -0.15) is 0 Å². The summed E-state index contributed by atoms with van der Waals surface area (Å²) in [5.74, 6) is -0.670. The molecule has 0 radical (unpaired) electrons. The van der Waals surface area contributed by atoms with Crippen LogP contribution in [0, 0.1) is 0 Å². The number of thiazole rings is 1. The predicted molar refractivity (Wildman–Crippen MR) is 109 cm³/mol. The van der Waals surface area contributed by atoms with Gasteiger partial charge in [0.2, 0.25) is 15.9 Å². The lowest BCUT2D eigenvalue weighted by Gasteiger charge is -2.07. The van der Waals surface area contributed by atoms with Gasteiger partial charge in [0, 0.05) is 5.56 Å².